The Bertz CT molecular complexity index is 508. The summed E-state index contributed by atoms with van der Waals surface area (Å²) in [7, 11) is -3.34. The molecule has 108 valence electrons. The van der Waals surface area contributed by atoms with E-state index in [0.29, 0.717) is 28.1 Å². The summed E-state index contributed by atoms with van der Waals surface area (Å²) in [5, 5.41) is 3.66. The number of hydrogen-bond donors (Lipinski definition) is 2. The first-order chi connectivity index (χ1) is 8.94. The molecule has 4 nitrogen and oxygen atoms in total. The minimum atomic E-state index is -3.34. The average Bonchev–Trinajstić information content (AvgIpc) is 2.33. The molecule has 0 atom stereocenters. The molecule has 0 spiro atoms. The highest BCUT2D eigenvalue weighted by molar-refractivity contribution is 9.10. The van der Waals surface area contributed by atoms with Gasteiger partial charge in [0.05, 0.1) is 11.4 Å². The Kier molecular flexibility index (Phi) is 7.13. The largest absolute Gasteiger partial charge is 0.317 e. The smallest absolute Gasteiger partial charge is 0.232 e. The first-order valence-corrected chi connectivity index (χ1v) is 8.93. The molecule has 0 aliphatic carbocycles. The van der Waals surface area contributed by atoms with E-state index in [4.69, 9.17) is 11.6 Å². The molecule has 0 fully saturated rings. The predicted octanol–water partition coefficient (Wildman–Crippen LogP) is 3.23. The number of hydrogen-bond acceptors (Lipinski definition) is 3. The number of benzene rings is 1. The maximum Gasteiger partial charge on any atom is 0.232 e. The van der Waals surface area contributed by atoms with E-state index in [9.17, 15) is 8.42 Å². The van der Waals surface area contributed by atoms with Crippen molar-refractivity contribution in [3.05, 3.63) is 27.7 Å². The Morgan fingerprint density at radius 3 is 2.74 bits per heavy atom. The summed E-state index contributed by atoms with van der Waals surface area (Å²) < 4.78 is 27.0. The van der Waals surface area contributed by atoms with Crippen LogP contribution in [0.2, 0.25) is 5.02 Å². The van der Waals surface area contributed by atoms with E-state index in [1.807, 2.05) is 0 Å². The summed E-state index contributed by atoms with van der Waals surface area (Å²) >= 11 is 9.13. The molecule has 0 bridgehead atoms. The average molecular weight is 370 g/mol. The Labute approximate surface area is 128 Å². The number of halogens is 2. The van der Waals surface area contributed by atoms with E-state index in [1.54, 1.807) is 18.2 Å². The van der Waals surface area contributed by atoms with Gasteiger partial charge in [0.15, 0.2) is 0 Å². The first-order valence-electron chi connectivity index (χ1n) is 6.11. The normalized spacial score (nSPS) is 11.5. The van der Waals surface area contributed by atoms with Crippen LogP contribution in [0.25, 0.3) is 0 Å². The number of anilines is 1. The van der Waals surface area contributed by atoms with Gasteiger partial charge < -0.3 is 5.32 Å². The van der Waals surface area contributed by atoms with Crippen LogP contribution in [0.4, 0.5) is 5.69 Å². The van der Waals surface area contributed by atoms with Crippen molar-refractivity contribution in [3.63, 3.8) is 0 Å². The van der Waals surface area contributed by atoms with Gasteiger partial charge in [-0.1, -0.05) is 18.5 Å². The highest BCUT2D eigenvalue weighted by Crippen LogP contribution is 2.26. The van der Waals surface area contributed by atoms with Crippen molar-refractivity contribution < 1.29 is 8.42 Å². The predicted molar refractivity (Wildman–Crippen MR) is 84.3 cm³/mol. The Hall–Kier alpha value is -0.300. The molecule has 0 aromatic heterocycles. The highest BCUT2D eigenvalue weighted by Gasteiger charge is 2.12. The van der Waals surface area contributed by atoms with E-state index < -0.39 is 10.0 Å². The number of sulfonamides is 1. The SMILES string of the molecule is CCCNCCCS(=O)(=O)Nc1cc(Cl)ccc1Br. The zero-order valence-corrected chi connectivity index (χ0v) is 13.9. The van der Waals surface area contributed by atoms with Crippen LogP contribution >= 0.6 is 27.5 Å². The molecule has 1 aromatic carbocycles. The van der Waals surface area contributed by atoms with E-state index in [-0.39, 0.29) is 5.75 Å². The molecule has 0 saturated carbocycles. The van der Waals surface area contributed by atoms with Gasteiger partial charge in [-0.25, -0.2) is 8.42 Å². The fraction of sp³-hybridized carbons (Fsp3) is 0.500. The van der Waals surface area contributed by atoms with Crippen molar-refractivity contribution in [3.8, 4) is 0 Å². The summed E-state index contributed by atoms with van der Waals surface area (Å²) in [5.74, 6) is 0.0860. The summed E-state index contributed by atoms with van der Waals surface area (Å²) in [4.78, 5) is 0. The van der Waals surface area contributed by atoms with Gasteiger partial charge >= 0.3 is 0 Å². The van der Waals surface area contributed by atoms with E-state index in [2.05, 4.69) is 32.9 Å². The lowest BCUT2D eigenvalue weighted by Crippen LogP contribution is -2.22. The first kappa shape index (κ1) is 16.8. The number of nitrogens with one attached hydrogen (secondary N) is 2. The molecule has 2 N–H and O–H groups in total. The second kappa shape index (κ2) is 8.09. The lowest BCUT2D eigenvalue weighted by atomic mass is 10.3. The van der Waals surface area contributed by atoms with E-state index in [0.717, 1.165) is 13.0 Å². The molecule has 0 radical (unpaired) electrons. The zero-order valence-electron chi connectivity index (χ0n) is 10.7. The minimum Gasteiger partial charge on any atom is -0.317 e. The van der Waals surface area contributed by atoms with E-state index in [1.165, 1.54) is 0 Å². The molecule has 1 aromatic rings. The van der Waals surface area contributed by atoms with Crippen molar-refractivity contribution in [2.24, 2.45) is 0 Å². The summed E-state index contributed by atoms with van der Waals surface area (Å²) in [6.07, 6.45) is 1.62. The van der Waals surface area contributed by atoms with Crippen LogP contribution in [0.15, 0.2) is 22.7 Å². The fourth-order valence-electron chi connectivity index (χ4n) is 1.48. The third kappa shape index (κ3) is 6.61. The van der Waals surface area contributed by atoms with Crippen LogP contribution in [0.1, 0.15) is 19.8 Å². The maximum atomic E-state index is 11.9. The van der Waals surface area contributed by atoms with Gasteiger partial charge in [-0.15, -0.1) is 0 Å². The van der Waals surface area contributed by atoms with Gasteiger partial charge in [0.1, 0.15) is 0 Å². The second-order valence-corrected chi connectivity index (χ2v) is 7.28. The minimum absolute atomic E-state index is 0.0860. The van der Waals surface area contributed by atoms with Crippen LogP contribution in [-0.2, 0) is 10.0 Å². The topological polar surface area (TPSA) is 58.2 Å². The van der Waals surface area contributed by atoms with Crippen LogP contribution < -0.4 is 10.0 Å². The lowest BCUT2D eigenvalue weighted by molar-refractivity contribution is 0.593. The second-order valence-electron chi connectivity index (χ2n) is 4.15. The van der Waals surface area contributed by atoms with Crippen LogP contribution in [0.5, 0.6) is 0 Å². The molecule has 0 aliphatic heterocycles. The summed E-state index contributed by atoms with van der Waals surface area (Å²) in [6, 6.07) is 4.99. The molecular weight excluding hydrogens is 352 g/mol. The van der Waals surface area contributed by atoms with Gasteiger partial charge in [0.25, 0.3) is 0 Å². The molecule has 0 unspecified atom stereocenters. The van der Waals surface area contributed by atoms with Gasteiger partial charge in [-0.3, -0.25) is 4.72 Å². The summed E-state index contributed by atoms with van der Waals surface area (Å²) in [5.41, 5.74) is 0.467. The molecule has 7 heteroatoms. The standard InChI is InChI=1S/C12H18BrClN2O2S/c1-2-6-15-7-3-8-19(17,18)16-12-9-10(14)4-5-11(12)13/h4-5,9,15-16H,2-3,6-8H2,1H3. The Morgan fingerprint density at radius 1 is 1.32 bits per heavy atom. The lowest BCUT2D eigenvalue weighted by Gasteiger charge is -2.10. The molecule has 1 rings (SSSR count). The Morgan fingerprint density at radius 2 is 2.05 bits per heavy atom. The molecule has 19 heavy (non-hydrogen) atoms. The van der Waals surface area contributed by atoms with Crippen molar-refractivity contribution in [2.75, 3.05) is 23.6 Å². The fourth-order valence-corrected chi connectivity index (χ4v) is 3.26. The molecule has 0 heterocycles. The molecule has 0 aliphatic rings. The molecule has 0 amide bonds. The van der Waals surface area contributed by atoms with Crippen LogP contribution in [0.3, 0.4) is 0 Å². The van der Waals surface area contributed by atoms with Crippen LogP contribution in [0, 0.1) is 0 Å². The van der Waals surface area contributed by atoms with E-state index >= 15 is 0 Å². The van der Waals surface area contributed by atoms with Crippen LogP contribution in [-0.4, -0.2) is 27.3 Å². The molecule has 0 saturated heterocycles. The quantitative estimate of drug-likeness (QED) is 0.692. The summed E-state index contributed by atoms with van der Waals surface area (Å²) in [6.45, 7) is 3.68. The van der Waals surface area contributed by atoms with Crippen molar-refractivity contribution in [1.29, 1.82) is 0 Å². The Balaban J connectivity index is 2.52. The molecular formula is C12H18BrClN2O2S. The number of rotatable bonds is 8. The van der Waals surface area contributed by atoms with Crippen molar-refractivity contribution in [2.45, 2.75) is 19.8 Å². The third-order valence-electron chi connectivity index (χ3n) is 2.39. The van der Waals surface area contributed by atoms with Crippen molar-refractivity contribution in [1.82, 2.24) is 5.32 Å². The maximum absolute atomic E-state index is 11.9. The van der Waals surface area contributed by atoms with Gasteiger partial charge in [-0.05, 0) is 60.1 Å². The van der Waals surface area contributed by atoms with Gasteiger partial charge in [-0.2, -0.15) is 0 Å². The highest BCUT2D eigenvalue weighted by atomic mass is 79.9. The van der Waals surface area contributed by atoms with Crippen molar-refractivity contribution >= 4 is 43.2 Å². The van der Waals surface area contributed by atoms with Gasteiger partial charge in [0.2, 0.25) is 10.0 Å². The van der Waals surface area contributed by atoms with Gasteiger partial charge in [0, 0.05) is 9.50 Å². The zero-order chi connectivity index (χ0) is 14.3. The third-order valence-corrected chi connectivity index (χ3v) is 4.67. The monoisotopic (exact) mass is 368 g/mol.